The summed E-state index contributed by atoms with van der Waals surface area (Å²) in [5.74, 6) is 1.21. The molecular formula is C18H26N4O2. The molecular weight excluding hydrogens is 304 g/mol. The average Bonchev–Trinajstić information content (AvgIpc) is 2.98. The van der Waals surface area contributed by atoms with E-state index in [1.165, 1.54) is 0 Å². The molecule has 130 valence electrons. The monoisotopic (exact) mass is 330 g/mol. The van der Waals surface area contributed by atoms with Gasteiger partial charge in [-0.2, -0.15) is 0 Å². The van der Waals surface area contributed by atoms with E-state index in [-0.39, 0.29) is 23.9 Å². The molecule has 3 unspecified atom stereocenters. The van der Waals surface area contributed by atoms with Crippen LogP contribution < -0.4 is 5.32 Å². The van der Waals surface area contributed by atoms with Crippen LogP contribution in [0.1, 0.15) is 39.1 Å². The van der Waals surface area contributed by atoms with Crippen LogP contribution in [0.4, 0.5) is 4.79 Å². The smallest absolute Gasteiger partial charge is 0.318 e. The summed E-state index contributed by atoms with van der Waals surface area (Å²) in [7, 11) is 0. The van der Waals surface area contributed by atoms with Gasteiger partial charge in [-0.1, -0.05) is 32.9 Å². The number of urea groups is 1. The summed E-state index contributed by atoms with van der Waals surface area (Å²) < 4.78 is 0. The van der Waals surface area contributed by atoms with Gasteiger partial charge in [0.2, 0.25) is 0 Å². The number of H-pyrrole nitrogens is 1. The molecule has 0 spiro atoms. The second kappa shape index (κ2) is 6.81. The minimum Gasteiger partial charge on any atom is -0.391 e. The van der Waals surface area contributed by atoms with Crippen molar-refractivity contribution in [2.45, 2.75) is 39.3 Å². The Morgan fingerprint density at radius 1 is 1.42 bits per heavy atom. The number of amides is 2. The molecule has 24 heavy (non-hydrogen) atoms. The van der Waals surface area contributed by atoms with Crippen LogP contribution >= 0.6 is 0 Å². The van der Waals surface area contributed by atoms with Crippen molar-refractivity contribution >= 4 is 17.1 Å². The maximum atomic E-state index is 12.6. The predicted molar refractivity (Wildman–Crippen MR) is 93.6 cm³/mol. The van der Waals surface area contributed by atoms with Crippen molar-refractivity contribution in [2.24, 2.45) is 11.8 Å². The number of para-hydroxylation sites is 2. The molecule has 6 heteroatoms. The number of aromatic nitrogens is 2. The summed E-state index contributed by atoms with van der Waals surface area (Å²) >= 11 is 0. The molecule has 1 aliphatic heterocycles. The predicted octanol–water partition coefficient (Wildman–Crippen LogP) is 2.67. The van der Waals surface area contributed by atoms with Crippen molar-refractivity contribution in [1.29, 1.82) is 0 Å². The van der Waals surface area contributed by atoms with Gasteiger partial charge in [0.1, 0.15) is 5.82 Å². The third-order valence-corrected chi connectivity index (χ3v) is 4.85. The number of hydrogen-bond donors (Lipinski definition) is 3. The Labute approximate surface area is 142 Å². The lowest BCUT2D eigenvalue weighted by Crippen LogP contribution is -2.50. The Hall–Kier alpha value is -2.08. The number of aliphatic hydroxyl groups is 1. The lowest BCUT2D eigenvalue weighted by molar-refractivity contribution is 0.0425. The molecule has 1 aromatic carbocycles. The largest absolute Gasteiger partial charge is 0.391 e. The molecule has 0 bridgehead atoms. The quantitative estimate of drug-likeness (QED) is 0.809. The number of nitrogens with zero attached hydrogens (tertiary/aromatic N) is 2. The van der Waals surface area contributed by atoms with Crippen LogP contribution in [0.3, 0.4) is 0 Å². The van der Waals surface area contributed by atoms with Crippen LogP contribution in [0, 0.1) is 11.8 Å². The minimum atomic E-state index is -0.451. The van der Waals surface area contributed by atoms with Gasteiger partial charge in [0, 0.05) is 13.1 Å². The number of piperidine rings is 1. The molecule has 1 aromatic heterocycles. The molecule has 0 saturated carbocycles. The fourth-order valence-corrected chi connectivity index (χ4v) is 3.13. The van der Waals surface area contributed by atoms with Crippen molar-refractivity contribution in [2.75, 3.05) is 13.1 Å². The summed E-state index contributed by atoms with van der Waals surface area (Å²) in [6.45, 7) is 7.20. The topological polar surface area (TPSA) is 81.2 Å². The third-order valence-electron chi connectivity index (χ3n) is 4.85. The fraction of sp³-hybridized carbons (Fsp3) is 0.556. The number of aliphatic hydroxyl groups excluding tert-OH is 1. The van der Waals surface area contributed by atoms with Gasteiger partial charge in [0.25, 0.3) is 0 Å². The Morgan fingerprint density at radius 2 is 2.17 bits per heavy atom. The first kappa shape index (κ1) is 16.8. The molecule has 2 heterocycles. The number of β-amino-alcohol motifs (C(OH)–C–C–N with tert-alkyl or cyclic N) is 1. The van der Waals surface area contributed by atoms with Crippen molar-refractivity contribution in [1.82, 2.24) is 20.2 Å². The van der Waals surface area contributed by atoms with E-state index in [4.69, 9.17) is 0 Å². The minimum absolute atomic E-state index is 0.139. The van der Waals surface area contributed by atoms with Crippen LogP contribution in [0.15, 0.2) is 24.3 Å². The summed E-state index contributed by atoms with van der Waals surface area (Å²) in [5.41, 5.74) is 1.87. The van der Waals surface area contributed by atoms with Crippen LogP contribution in [-0.4, -0.2) is 45.2 Å². The summed E-state index contributed by atoms with van der Waals surface area (Å²) in [6.07, 6.45) is 0.374. The third kappa shape index (κ3) is 3.38. The average molecular weight is 330 g/mol. The summed E-state index contributed by atoms with van der Waals surface area (Å²) in [5, 5.41) is 13.1. The van der Waals surface area contributed by atoms with E-state index in [9.17, 15) is 9.90 Å². The highest BCUT2D eigenvalue weighted by Gasteiger charge is 2.30. The Bertz CT molecular complexity index is 679. The first-order valence-electron chi connectivity index (χ1n) is 8.64. The second-order valence-corrected chi connectivity index (χ2v) is 7.09. The maximum Gasteiger partial charge on any atom is 0.318 e. The number of carbonyl (C=O) groups is 1. The molecule has 1 saturated heterocycles. The highest BCUT2D eigenvalue weighted by Crippen LogP contribution is 2.23. The van der Waals surface area contributed by atoms with Gasteiger partial charge in [0.15, 0.2) is 0 Å². The zero-order valence-corrected chi connectivity index (χ0v) is 14.5. The SMILES string of the molecule is CC(C)C(NC(=O)N1CCC(C)C(O)C1)c1nc2ccccc2[nH]1. The molecule has 3 rings (SSSR count). The second-order valence-electron chi connectivity index (χ2n) is 7.09. The zero-order chi connectivity index (χ0) is 17.3. The van der Waals surface area contributed by atoms with Crippen LogP contribution in [-0.2, 0) is 0 Å². The van der Waals surface area contributed by atoms with Crippen molar-refractivity contribution in [3.05, 3.63) is 30.1 Å². The summed E-state index contributed by atoms with van der Waals surface area (Å²) in [4.78, 5) is 22.2. The zero-order valence-electron chi connectivity index (χ0n) is 14.5. The van der Waals surface area contributed by atoms with Gasteiger partial charge < -0.3 is 20.3 Å². The van der Waals surface area contributed by atoms with E-state index < -0.39 is 6.10 Å². The number of fused-ring (bicyclic) bond motifs is 1. The number of hydrogen-bond acceptors (Lipinski definition) is 3. The van der Waals surface area contributed by atoms with Gasteiger partial charge in [0.05, 0.1) is 23.2 Å². The van der Waals surface area contributed by atoms with Crippen LogP contribution in [0.2, 0.25) is 0 Å². The highest BCUT2D eigenvalue weighted by molar-refractivity contribution is 5.76. The van der Waals surface area contributed by atoms with Crippen molar-refractivity contribution in [3.8, 4) is 0 Å². The van der Waals surface area contributed by atoms with E-state index in [1.807, 2.05) is 31.2 Å². The number of carbonyl (C=O) groups excluding carboxylic acids is 1. The van der Waals surface area contributed by atoms with Crippen molar-refractivity contribution < 1.29 is 9.90 Å². The number of rotatable bonds is 3. The molecule has 2 amide bonds. The van der Waals surface area contributed by atoms with Gasteiger partial charge in [-0.15, -0.1) is 0 Å². The molecule has 3 N–H and O–H groups in total. The fourth-order valence-electron chi connectivity index (χ4n) is 3.13. The Morgan fingerprint density at radius 3 is 2.83 bits per heavy atom. The van der Waals surface area contributed by atoms with Crippen LogP contribution in [0.5, 0.6) is 0 Å². The molecule has 0 aliphatic carbocycles. The summed E-state index contributed by atoms with van der Waals surface area (Å²) in [6, 6.07) is 7.52. The molecule has 0 radical (unpaired) electrons. The highest BCUT2D eigenvalue weighted by atomic mass is 16.3. The maximum absolute atomic E-state index is 12.6. The lowest BCUT2D eigenvalue weighted by Gasteiger charge is -2.35. The first-order chi connectivity index (χ1) is 11.5. The van der Waals surface area contributed by atoms with E-state index >= 15 is 0 Å². The van der Waals surface area contributed by atoms with Crippen LogP contribution in [0.25, 0.3) is 11.0 Å². The van der Waals surface area contributed by atoms with Gasteiger partial charge in [-0.05, 0) is 30.4 Å². The number of nitrogens with one attached hydrogen (secondary N) is 2. The van der Waals surface area contributed by atoms with E-state index in [0.717, 1.165) is 23.3 Å². The molecule has 1 aliphatic rings. The van der Waals surface area contributed by atoms with Gasteiger partial charge >= 0.3 is 6.03 Å². The molecule has 6 nitrogen and oxygen atoms in total. The number of likely N-dealkylation sites (tertiary alicyclic amines) is 1. The lowest BCUT2D eigenvalue weighted by atomic mass is 9.96. The Kier molecular flexibility index (Phi) is 4.76. The number of aromatic amines is 1. The van der Waals surface area contributed by atoms with E-state index in [2.05, 4.69) is 29.1 Å². The molecule has 2 aromatic rings. The molecule has 1 fully saturated rings. The normalized spacial score (nSPS) is 22.8. The van der Waals surface area contributed by atoms with Gasteiger partial charge in [-0.3, -0.25) is 0 Å². The Balaban J connectivity index is 1.75. The van der Waals surface area contributed by atoms with E-state index in [1.54, 1.807) is 4.90 Å². The standard InChI is InChI=1S/C18H26N4O2/c1-11(2)16(17-19-13-6-4-5-7-14(13)20-17)21-18(24)22-9-8-12(3)15(23)10-22/h4-7,11-12,15-16,23H,8-10H2,1-3H3,(H,19,20)(H,21,24). The van der Waals surface area contributed by atoms with Gasteiger partial charge in [-0.25, -0.2) is 9.78 Å². The van der Waals surface area contributed by atoms with E-state index in [0.29, 0.717) is 13.1 Å². The number of imidazole rings is 1. The number of benzene rings is 1. The molecule has 3 atom stereocenters. The first-order valence-corrected chi connectivity index (χ1v) is 8.64. The van der Waals surface area contributed by atoms with Crippen molar-refractivity contribution in [3.63, 3.8) is 0 Å².